The molecule has 0 aromatic rings. The molecule has 1 fully saturated rings. The Balaban J connectivity index is 2.36. The molecule has 5 unspecified atom stereocenters. The van der Waals surface area contributed by atoms with Gasteiger partial charge in [-0.1, -0.05) is 6.42 Å². The molecule has 0 radical (unpaired) electrons. The highest BCUT2D eigenvalue weighted by molar-refractivity contribution is 5.66. The van der Waals surface area contributed by atoms with Crippen molar-refractivity contribution in [2.75, 3.05) is 20.3 Å². The van der Waals surface area contributed by atoms with Crippen LogP contribution in [-0.4, -0.2) is 67.1 Å². The highest BCUT2D eigenvalue weighted by Gasteiger charge is 2.43. The first-order valence-electron chi connectivity index (χ1n) is 7.16. The largest absolute Gasteiger partial charge is 0.481 e. The lowest BCUT2D eigenvalue weighted by atomic mass is 9.97. The van der Waals surface area contributed by atoms with Crippen LogP contribution in [0.1, 0.15) is 25.7 Å². The summed E-state index contributed by atoms with van der Waals surface area (Å²) in [5.41, 5.74) is 11.5. The number of aliphatic hydroxyl groups excluding tert-OH is 1. The summed E-state index contributed by atoms with van der Waals surface area (Å²) >= 11 is 0. The minimum absolute atomic E-state index is 0.154. The minimum atomic E-state index is -0.920. The monoisotopic (exact) mass is 306 g/mol. The van der Waals surface area contributed by atoms with Crippen LogP contribution in [0.15, 0.2) is 0 Å². The second kappa shape index (κ2) is 9.29. The van der Waals surface area contributed by atoms with Crippen molar-refractivity contribution in [3.05, 3.63) is 0 Å². The number of methoxy groups -OCH3 is 1. The molecule has 8 heteroatoms. The van der Waals surface area contributed by atoms with Crippen molar-refractivity contribution in [3.8, 4) is 0 Å². The second-order valence-corrected chi connectivity index (χ2v) is 5.12. The van der Waals surface area contributed by atoms with Crippen molar-refractivity contribution in [2.24, 2.45) is 11.5 Å². The van der Waals surface area contributed by atoms with Gasteiger partial charge in [-0.3, -0.25) is 4.79 Å². The summed E-state index contributed by atoms with van der Waals surface area (Å²) in [7, 11) is 1.45. The predicted octanol–water partition coefficient (Wildman–Crippen LogP) is -0.965. The van der Waals surface area contributed by atoms with E-state index in [1.807, 2.05) is 0 Å². The molecule has 0 aromatic heterocycles. The number of aliphatic carboxylic acids is 1. The summed E-state index contributed by atoms with van der Waals surface area (Å²) in [6, 6.07) is -0.699. The molecule has 1 aliphatic rings. The Bertz CT molecular complexity index is 315. The molecule has 21 heavy (non-hydrogen) atoms. The number of hydrogen-bond acceptors (Lipinski definition) is 7. The van der Waals surface area contributed by atoms with Crippen LogP contribution in [-0.2, 0) is 19.0 Å². The average molecular weight is 306 g/mol. The molecule has 1 aliphatic heterocycles. The molecule has 124 valence electrons. The molecule has 1 saturated heterocycles. The third-order valence-corrected chi connectivity index (χ3v) is 3.53. The van der Waals surface area contributed by atoms with Crippen molar-refractivity contribution < 1.29 is 29.2 Å². The first-order chi connectivity index (χ1) is 10.0. The van der Waals surface area contributed by atoms with Crippen LogP contribution in [0.3, 0.4) is 0 Å². The molecule has 0 aromatic carbocycles. The van der Waals surface area contributed by atoms with Gasteiger partial charge >= 0.3 is 5.97 Å². The average Bonchev–Trinajstić information content (AvgIpc) is 2.46. The van der Waals surface area contributed by atoms with Crippen LogP contribution in [0.5, 0.6) is 0 Å². The number of hydrogen-bond donors (Lipinski definition) is 4. The Morgan fingerprint density at radius 1 is 1.33 bits per heavy atom. The third kappa shape index (κ3) is 5.50. The van der Waals surface area contributed by atoms with Gasteiger partial charge in [-0.2, -0.15) is 0 Å². The molecule has 1 heterocycles. The number of ether oxygens (including phenoxy) is 3. The van der Waals surface area contributed by atoms with E-state index in [-0.39, 0.29) is 13.0 Å². The summed E-state index contributed by atoms with van der Waals surface area (Å²) in [4.78, 5) is 10.4. The Kier molecular flexibility index (Phi) is 8.09. The first-order valence-corrected chi connectivity index (χ1v) is 7.16. The second-order valence-electron chi connectivity index (χ2n) is 5.12. The number of carbonyl (C=O) groups is 1. The van der Waals surface area contributed by atoms with Gasteiger partial charge in [0.25, 0.3) is 0 Å². The van der Waals surface area contributed by atoms with E-state index < -0.39 is 36.6 Å². The molecule has 0 amide bonds. The van der Waals surface area contributed by atoms with Gasteiger partial charge in [0, 0.05) is 26.7 Å². The highest BCUT2D eigenvalue weighted by atomic mass is 16.7. The fraction of sp³-hybridized carbons (Fsp3) is 0.923. The molecule has 8 nitrogen and oxygen atoms in total. The van der Waals surface area contributed by atoms with E-state index in [9.17, 15) is 9.90 Å². The lowest BCUT2D eigenvalue weighted by Crippen LogP contribution is -2.63. The van der Waals surface area contributed by atoms with E-state index in [1.165, 1.54) is 7.11 Å². The molecule has 6 N–H and O–H groups in total. The standard InChI is InChI=1S/C13H26N2O6/c1-19-13-10(15)11(18)12(8(7-14)21-13)20-6-4-2-3-5-9(16)17/h8,10-13,18H,2-7,14-15H2,1H3,(H,16,17). The summed E-state index contributed by atoms with van der Waals surface area (Å²) in [6.45, 7) is 0.582. The molecule has 0 aliphatic carbocycles. The van der Waals surface area contributed by atoms with Crippen molar-refractivity contribution >= 4 is 5.97 Å². The lowest BCUT2D eigenvalue weighted by Gasteiger charge is -2.42. The van der Waals surface area contributed by atoms with Gasteiger partial charge < -0.3 is 35.9 Å². The predicted molar refractivity (Wildman–Crippen MR) is 74.6 cm³/mol. The first kappa shape index (κ1) is 18.3. The molecule has 0 bridgehead atoms. The maximum Gasteiger partial charge on any atom is 0.303 e. The van der Waals surface area contributed by atoms with E-state index in [2.05, 4.69) is 0 Å². The number of carboxylic acids is 1. The fourth-order valence-corrected chi connectivity index (χ4v) is 2.32. The number of aliphatic hydroxyl groups is 1. The van der Waals surface area contributed by atoms with Crippen LogP contribution < -0.4 is 11.5 Å². The van der Waals surface area contributed by atoms with Crippen molar-refractivity contribution in [1.82, 2.24) is 0 Å². The van der Waals surface area contributed by atoms with E-state index in [1.54, 1.807) is 0 Å². The van der Waals surface area contributed by atoms with Gasteiger partial charge in [-0.15, -0.1) is 0 Å². The Labute approximate surface area is 124 Å². The highest BCUT2D eigenvalue weighted by Crippen LogP contribution is 2.22. The van der Waals surface area contributed by atoms with Crippen LogP contribution in [0.25, 0.3) is 0 Å². The van der Waals surface area contributed by atoms with E-state index >= 15 is 0 Å². The normalized spacial score (nSPS) is 33.0. The number of nitrogens with two attached hydrogens (primary N) is 2. The van der Waals surface area contributed by atoms with Crippen LogP contribution >= 0.6 is 0 Å². The van der Waals surface area contributed by atoms with E-state index in [0.29, 0.717) is 19.4 Å². The number of unbranched alkanes of at least 4 members (excludes halogenated alkanes) is 2. The van der Waals surface area contributed by atoms with Crippen LogP contribution in [0.2, 0.25) is 0 Å². The van der Waals surface area contributed by atoms with E-state index in [4.69, 9.17) is 30.8 Å². The molecule has 5 atom stereocenters. The van der Waals surface area contributed by atoms with Gasteiger partial charge in [0.2, 0.25) is 0 Å². The number of carboxylic acid groups (broad SMARTS) is 1. The van der Waals surface area contributed by atoms with Crippen LogP contribution in [0.4, 0.5) is 0 Å². The quantitative estimate of drug-likeness (QED) is 0.399. The summed E-state index contributed by atoms with van der Waals surface area (Å²) in [5, 5.41) is 18.7. The minimum Gasteiger partial charge on any atom is -0.481 e. The molecular weight excluding hydrogens is 280 g/mol. The van der Waals surface area contributed by atoms with Gasteiger partial charge in [0.15, 0.2) is 6.29 Å². The lowest BCUT2D eigenvalue weighted by molar-refractivity contribution is -0.258. The Morgan fingerprint density at radius 3 is 2.62 bits per heavy atom. The molecule has 0 saturated carbocycles. The zero-order valence-electron chi connectivity index (χ0n) is 12.3. The number of rotatable bonds is 9. The maximum absolute atomic E-state index is 10.4. The Hall–Kier alpha value is -0.770. The summed E-state index contributed by atoms with van der Waals surface area (Å²) in [5.74, 6) is -0.799. The van der Waals surface area contributed by atoms with Crippen molar-refractivity contribution in [1.29, 1.82) is 0 Å². The molecule has 1 rings (SSSR count). The molecule has 0 spiro atoms. The Morgan fingerprint density at radius 2 is 2.05 bits per heavy atom. The van der Waals surface area contributed by atoms with Gasteiger partial charge in [0.1, 0.15) is 18.3 Å². The maximum atomic E-state index is 10.4. The SMILES string of the molecule is COC1OC(CN)C(OCCCCCC(=O)O)C(O)C1N. The fourth-order valence-electron chi connectivity index (χ4n) is 2.32. The smallest absolute Gasteiger partial charge is 0.303 e. The summed E-state index contributed by atoms with van der Waals surface area (Å²) in [6.07, 6.45) is -0.498. The van der Waals surface area contributed by atoms with Gasteiger partial charge in [0.05, 0.1) is 6.04 Å². The van der Waals surface area contributed by atoms with Gasteiger partial charge in [-0.05, 0) is 12.8 Å². The molecular formula is C13H26N2O6. The van der Waals surface area contributed by atoms with Crippen molar-refractivity contribution in [2.45, 2.75) is 56.3 Å². The summed E-state index contributed by atoms with van der Waals surface area (Å²) < 4.78 is 16.2. The van der Waals surface area contributed by atoms with Crippen LogP contribution in [0, 0.1) is 0 Å². The van der Waals surface area contributed by atoms with Gasteiger partial charge in [-0.25, -0.2) is 0 Å². The van der Waals surface area contributed by atoms with E-state index in [0.717, 1.165) is 6.42 Å². The topological polar surface area (TPSA) is 137 Å². The van der Waals surface area contributed by atoms with Crippen molar-refractivity contribution in [3.63, 3.8) is 0 Å². The third-order valence-electron chi connectivity index (χ3n) is 3.53. The zero-order valence-corrected chi connectivity index (χ0v) is 12.3. The zero-order chi connectivity index (χ0) is 15.8.